The summed E-state index contributed by atoms with van der Waals surface area (Å²) in [4.78, 5) is 23.0. The van der Waals surface area contributed by atoms with Crippen molar-refractivity contribution in [3.63, 3.8) is 0 Å². The number of hydrogen-bond donors (Lipinski definition) is 1. The van der Waals surface area contributed by atoms with Crippen LogP contribution in [0.1, 0.15) is 38.7 Å². The van der Waals surface area contributed by atoms with Crippen LogP contribution in [0.3, 0.4) is 0 Å². The van der Waals surface area contributed by atoms with Crippen LogP contribution in [0.25, 0.3) is 11.1 Å². The van der Waals surface area contributed by atoms with Crippen molar-refractivity contribution in [2.45, 2.75) is 39.7 Å². The van der Waals surface area contributed by atoms with Crippen LogP contribution in [-0.4, -0.2) is 44.1 Å². The van der Waals surface area contributed by atoms with Crippen molar-refractivity contribution in [1.29, 1.82) is 0 Å². The molecule has 2 aromatic rings. The third-order valence-corrected chi connectivity index (χ3v) is 4.70. The van der Waals surface area contributed by atoms with E-state index in [-0.39, 0.29) is 6.09 Å². The largest absolute Gasteiger partial charge is 0.444 e. The lowest BCUT2D eigenvalue weighted by Crippen LogP contribution is -2.39. The molecule has 0 saturated heterocycles. The van der Waals surface area contributed by atoms with Crippen molar-refractivity contribution in [3.05, 3.63) is 27.5 Å². The average molecular weight is 455 g/mol. The highest BCUT2D eigenvalue weighted by molar-refractivity contribution is 14.1. The first-order chi connectivity index (χ1) is 11.7. The summed E-state index contributed by atoms with van der Waals surface area (Å²) >= 11 is 2.17. The summed E-state index contributed by atoms with van der Waals surface area (Å²) in [5.41, 5.74) is 8.26. The molecule has 7 nitrogen and oxygen atoms in total. The van der Waals surface area contributed by atoms with Gasteiger partial charge in [0.15, 0.2) is 5.82 Å². The molecular formula is C17H22IN5O2. The molecule has 2 N–H and O–H groups in total. The molecule has 0 aromatic carbocycles. The number of amides is 1. The summed E-state index contributed by atoms with van der Waals surface area (Å²) in [5.74, 6) is 1.30. The number of fused-ring (bicyclic) bond motifs is 1. The Kier molecular flexibility index (Phi) is 4.65. The smallest absolute Gasteiger partial charge is 0.410 e. The number of nitrogens with zero attached hydrogens (tertiary/aromatic N) is 4. The van der Waals surface area contributed by atoms with E-state index in [1.807, 2.05) is 32.1 Å². The molecule has 0 saturated carbocycles. The van der Waals surface area contributed by atoms with Gasteiger partial charge in [-0.1, -0.05) is 6.08 Å². The van der Waals surface area contributed by atoms with Crippen LogP contribution >= 0.6 is 22.6 Å². The van der Waals surface area contributed by atoms with E-state index in [2.05, 4.69) is 38.6 Å². The second kappa shape index (κ2) is 6.47. The van der Waals surface area contributed by atoms with E-state index in [1.54, 1.807) is 11.1 Å². The van der Waals surface area contributed by atoms with Gasteiger partial charge < -0.3 is 15.4 Å². The van der Waals surface area contributed by atoms with Crippen LogP contribution in [-0.2, 0) is 4.74 Å². The minimum Gasteiger partial charge on any atom is -0.444 e. The molecule has 1 aliphatic heterocycles. The third-order valence-electron chi connectivity index (χ3n) is 3.94. The van der Waals surface area contributed by atoms with E-state index in [4.69, 9.17) is 10.5 Å². The van der Waals surface area contributed by atoms with Gasteiger partial charge in [0.05, 0.1) is 18.4 Å². The number of carbonyl (C=O) groups excluding carboxylic acids is 1. The Labute approximate surface area is 160 Å². The van der Waals surface area contributed by atoms with E-state index in [0.717, 1.165) is 32.7 Å². The van der Waals surface area contributed by atoms with Crippen molar-refractivity contribution in [3.8, 4) is 0 Å². The topological polar surface area (TPSA) is 85.8 Å². The Morgan fingerprint density at radius 1 is 1.40 bits per heavy atom. The van der Waals surface area contributed by atoms with Gasteiger partial charge in [0, 0.05) is 6.54 Å². The number of aryl methyl sites for hydroxylation is 1. The van der Waals surface area contributed by atoms with Crippen LogP contribution in [0.15, 0.2) is 12.3 Å². The van der Waals surface area contributed by atoms with Crippen molar-refractivity contribution in [2.24, 2.45) is 0 Å². The first-order valence-corrected chi connectivity index (χ1v) is 9.21. The summed E-state index contributed by atoms with van der Waals surface area (Å²) in [7, 11) is 0. The lowest BCUT2D eigenvalue weighted by atomic mass is 10.1. The first-order valence-electron chi connectivity index (χ1n) is 8.14. The fraction of sp³-hybridized carbons (Fsp3) is 0.471. The number of hydrogen-bond acceptors (Lipinski definition) is 5. The number of carbonyl (C=O) groups is 1. The van der Waals surface area contributed by atoms with Crippen LogP contribution in [0.4, 0.5) is 10.6 Å². The zero-order valence-corrected chi connectivity index (χ0v) is 17.0. The van der Waals surface area contributed by atoms with Crippen LogP contribution < -0.4 is 5.73 Å². The fourth-order valence-corrected chi connectivity index (χ4v) is 3.77. The van der Waals surface area contributed by atoms with Crippen molar-refractivity contribution < 1.29 is 9.53 Å². The van der Waals surface area contributed by atoms with Gasteiger partial charge in [-0.2, -0.15) is 0 Å². The summed E-state index contributed by atoms with van der Waals surface area (Å²) < 4.78 is 8.33. The Hall–Kier alpha value is -1.84. The highest BCUT2D eigenvalue weighted by atomic mass is 127. The number of nitrogen functional groups attached to an aromatic ring is 1. The number of nitrogens with two attached hydrogens (primary N) is 1. The molecule has 8 heteroatoms. The van der Waals surface area contributed by atoms with E-state index in [9.17, 15) is 4.79 Å². The van der Waals surface area contributed by atoms with Crippen LogP contribution in [0, 0.1) is 10.6 Å². The van der Waals surface area contributed by atoms with Gasteiger partial charge >= 0.3 is 6.09 Å². The highest BCUT2D eigenvalue weighted by Gasteiger charge is 2.26. The summed E-state index contributed by atoms with van der Waals surface area (Å²) in [6, 6.07) is 0. The maximum atomic E-state index is 12.4. The number of aromatic nitrogens is 3. The van der Waals surface area contributed by atoms with Crippen LogP contribution in [0.2, 0.25) is 0 Å². The standard InChI is InChI=1S/C17H22IN5O2/c1-10-21-14(18)13-15(19)20-8-12(23(10)13)11-6-5-7-22(9-11)16(24)25-17(2,3)4/h6,8H,5,7,9H2,1-4H3,(H2,19,20). The average Bonchev–Trinajstić information content (AvgIpc) is 2.82. The zero-order valence-electron chi connectivity index (χ0n) is 14.8. The highest BCUT2D eigenvalue weighted by Crippen LogP contribution is 2.27. The number of halogens is 1. The summed E-state index contributed by atoms with van der Waals surface area (Å²) in [6.07, 6.45) is 4.36. The second-order valence-corrected chi connectivity index (χ2v) is 8.10. The van der Waals surface area contributed by atoms with Crippen molar-refractivity contribution >= 4 is 45.6 Å². The first kappa shape index (κ1) is 18.0. The molecule has 0 spiro atoms. The molecule has 2 aromatic heterocycles. The summed E-state index contributed by atoms with van der Waals surface area (Å²) in [5, 5.41) is 0. The molecule has 0 unspecified atom stereocenters. The van der Waals surface area contributed by atoms with E-state index < -0.39 is 5.60 Å². The fourth-order valence-electron chi connectivity index (χ4n) is 2.90. The van der Waals surface area contributed by atoms with E-state index in [0.29, 0.717) is 18.9 Å². The van der Waals surface area contributed by atoms with Gasteiger partial charge in [0.25, 0.3) is 0 Å². The lowest BCUT2D eigenvalue weighted by Gasteiger charge is -2.30. The number of ether oxygens (including phenoxy) is 1. The summed E-state index contributed by atoms with van der Waals surface area (Å²) in [6.45, 7) is 8.67. The molecule has 3 rings (SSSR count). The molecule has 0 fully saturated rings. The predicted octanol–water partition coefficient (Wildman–Crippen LogP) is 3.25. The minimum atomic E-state index is -0.508. The van der Waals surface area contributed by atoms with Gasteiger partial charge in [0.1, 0.15) is 20.6 Å². The maximum Gasteiger partial charge on any atom is 0.410 e. The SMILES string of the molecule is Cc1nc(I)c2c(N)ncc(C3=CCCN(C(=O)OC(C)(C)C)C3)n12. The molecule has 0 aliphatic carbocycles. The van der Waals surface area contributed by atoms with Gasteiger partial charge in [-0.25, -0.2) is 14.8 Å². The molecule has 134 valence electrons. The number of rotatable bonds is 1. The quantitative estimate of drug-likeness (QED) is 0.668. The predicted molar refractivity (Wildman–Crippen MR) is 105 cm³/mol. The lowest BCUT2D eigenvalue weighted by molar-refractivity contribution is 0.0273. The molecular weight excluding hydrogens is 433 g/mol. The third kappa shape index (κ3) is 3.58. The number of imidazole rings is 1. The Morgan fingerprint density at radius 2 is 2.12 bits per heavy atom. The van der Waals surface area contributed by atoms with Gasteiger partial charge in [0.2, 0.25) is 0 Å². The molecule has 1 aliphatic rings. The normalized spacial score (nSPS) is 15.4. The monoisotopic (exact) mass is 455 g/mol. The Bertz CT molecular complexity index is 866. The Balaban J connectivity index is 1.95. The van der Waals surface area contributed by atoms with Crippen molar-refractivity contribution in [2.75, 3.05) is 18.8 Å². The van der Waals surface area contributed by atoms with Gasteiger partial charge in [-0.15, -0.1) is 0 Å². The van der Waals surface area contributed by atoms with Gasteiger partial charge in [-0.05, 0) is 62.3 Å². The van der Waals surface area contributed by atoms with E-state index >= 15 is 0 Å². The molecule has 1 amide bonds. The molecule has 0 atom stereocenters. The second-order valence-electron chi connectivity index (χ2n) is 7.08. The molecule has 3 heterocycles. The number of anilines is 1. The zero-order chi connectivity index (χ0) is 18.4. The minimum absolute atomic E-state index is 0.297. The van der Waals surface area contributed by atoms with Crippen molar-refractivity contribution in [1.82, 2.24) is 19.3 Å². The van der Waals surface area contributed by atoms with Gasteiger partial charge in [-0.3, -0.25) is 4.40 Å². The molecule has 0 radical (unpaired) electrons. The maximum absolute atomic E-state index is 12.4. The molecule has 25 heavy (non-hydrogen) atoms. The molecule has 0 bridgehead atoms. The van der Waals surface area contributed by atoms with Crippen LogP contribution in [0.5, 0.6) is 0 Å². The Morgan fingerprint density at radius 3 is 2.80 bits per heavy atom. The van der Waals surface area contributed by atoms with E-state index in [1.165, 1.54) is 0 Å².